The maximum absolute atomic E-state index is 12.0. The highest BCUT2D eigenvalue weighted by molar-refractivity contribution is 5.91. The third kappa shape index (κ3) is 5.43. The molecule has 23 heavy (non-hydrogen) atoms. The largest absolute Gasteiger partial charge is 0.450 e. The number of aryl methyl sites for hydroxylation is 1. The first kappa shape index (κ1) is 17.1. The molecule has 0 aliphatic carbocycles. The Morgan fingerprint density at radius 3 is 2.52 bits per heavy atom. The zero-order valence-corrected chi connectivity index (χ0v) is 13.7. The number of ether oxygens (including phenoxy) is 1. The normalized spacial score (nSPS) is 15.7. The van der Waals surface area contributed by atoms with Gasteiger partial charge in [-0.15, -0.1) is 0 Å². The monoisotopic (exact) mass is 316 g/mol. The molecule has 1 aromatic rings. The SMILES string of the molecule is CCOC(=O)N1CCC(NC(=O)/C=C/c2ccc(C)cc2)CC1. The molecule has 5 heteroatoms. The van der Waals surface area contributed by atoms with Gasteiger partial charge in [-0.3, -0.25) is 4.79 Å². The van der Waals surface area contributed by atoms with Crippen LogP contribution >= 0.6 is 0 Å². The van der Waals surface area contributed by atoms with Crippen molar-refractivity contribution in [2.24, 2.45) is 0 Å². The first-order valence-corrected chi connectivity index (χ1v) is 8.05. The lowest BCUT2D eigenvalue weighted by molar-refractivity contribution is -0.117. The molecule has 0 atom stereocenters. The standard InChI is InChI=1S/C18H24N2O3/c1-3-23-18(22)20-12-10-16(11-13-20)19-17(21)9-8-15-6-4-14(2)5-7-15/h4-9,16H,3,10-13H2,1-2H3,(H,19,21)/b9-8+. The quantitative estimate of drug-likeness (QED) is 0.869. The minimum Gasteiger partial charge on any atom is -0.450 e. The van der Waals surface area contributed by atoms with Crippen LogP contribution in [0.3, 0.4) is 0 Å². The Morgan fingerprint density at radius 2 is 1.91 bits per heavy atom. The first-order chi connectivity index (χ1) is 11.1. The van der Waals surface area contributed by atoms with Gasteiger partial charge in [0.05, 0.1) is 6.61 Å². The second-order valence-corrected chi connectivity index (χ2v) is 5.71. The summed E-state index contributed by atoms with van der Waals surface area (Å²) in [7, 11) is 0. The summed E-state index contributed by atoms with van der Waals surface area (Å²) in [5.41, 5.74) is 2.20. The molecule has 0 radical (unpaired) electrons. The predicted molar refractivity (Wildman–Crippen MR) is 90.0 cm³/mol. The second-order valence-electron chi connectivity index (χ2n) is 5.71. The van der Waals surface area contributed by atoms with Crippen LogP contribution in [-0.4, -0.2) is 42.6 Å². The fourth-order valence-corrected chi connectivity index (χ4v) is 2.52. The molecule has 124 valence electrons. The summed E-state index contributed by atoms with van der Waals surface area (Å²) in [5.74, 6) is -0.0971. The van der Waals surface area contributed by atoms with Crippen molar-refractivity contribution >= 4 is 18.1 Å². The van der Waals surface area contributed by atoms with Gasteiger partial charge in [0.1, 0.15) is 0 Å². The smallest absolute Gasteiger partial charge is 0.409 e. The predicted octanol–water partition coefficient (Wildman–Crippen LogP) is 2.75. The molecule has 1 heterocycles. The summed E-state index contributed by atoms with van der Waals surface area (Å²) in [4.78, 5) is 25.3. The molecule has 0 spiro atoms. The van der Waals surface area contributed by atoms with E-state index in [-0.39, 0.29) is 18.0 Å². The molecule has 1 aliphatic heterocycles. The summed E-state index contributed by atoms with van der Waals surface area (Å²) >= 11 is 0. The molecule has 1 saturated heterocycles. The number of rotatable bonds is 4. The number of nitrogens with zero attached hydrogens (tertiary/aromatic N) is 1. The summed E-state index contributed by atoms with van der Waals surface area (Å²) < 4.78 is 4.98. The Bertz CT molecular complexity index is 558. The van der Waals surface area contributed by atoms with Crippen LogP contribution in [0.4, 0.5) is 4.79 Å². The van der Waals surface area contributed by atoms with Crippen molar-refractivity contribution in [2.45, 2.75) is 32.7 Å². The van der Waals surface area contributed by atoms with E-state index in [0.29, 0.717) is 19.7 Å². The Hall–Kier alpha value is -2.30. The van der Waals surface area contributed by atoms with Gasteiger partial charge in [-0.1, -0.05) is 29.8 Å². The van der Waals surface area contributed by atoms with E-state index in [9.17, 15) is 9.59 Å². The van der Waals surface area contributed by atoms with Gasteiger partial charge < -0.3 is 15.0 Å². The third-order valence-electron chi connectivity index (χ3n) is 3.87. The molecule has 1 aromatic carbocycles. The molecule has 2 rings (SSSR count). The number of likely N-dealkylation sites (tertiary alicyclic amines) is 1. The van der Waals surface area contributed by atoms with E-state index < -0.39 is 0 Å². The molecule has 2 amide bonds. The van der Waals surface area contributed by atoms with E-state index in [4.69, 9.17) is 4.74 Å². The van der Waals surface area contributed by atoms with Crippen LogP contribution in [0.25, 0.3) is 6.08 Å². The van der Waals surface area contributed by atoms with Crippen molar-refractivity contribution in [3.8, 4) is 0 Å². The summed E-state index contributed by atoms with van der Waals surface area (Å²) in [6.45, 7) is 5.45. The zero-order valence-electron chi connectivity index (χ0n) is 13.7. The van der Waals surface area contributed by atoms with Gasteiger partial charge in [0.25, 0.3) is 0 Å². The van der Waals surface area contributed by atoms with E-state index in [1.54, 1.807) is 17.9 Å². The van der Waals surface area contributed by atoms with Gasteiger partial charge in [0, 0.05) is 25.2 Å². The van der Waals surface area contributed by atoms with Crippen molar-refractivity contribution in [2.75, 3.05) is 19.7 Å². The van der Waals surface area contributed by atoms with Crippen LogP contribution in [0.5, 0.6) is 0 Å². The van der Waals surface area contributed by atoms with E-state index >= 15 is 0 Å². The molecule has 5 nitrogen and oxygen atoms in total. The highest BCUT2D eigenvalue weighted by Gasteiger charge is 2.23. The average Bonchev–Trinajstić information content (AvgIpc) is 2.55. The van der Waals surface area contributed by atoms with Crippen molar-refractivity contribution < 1.29 is 14.3 Å². The second kappa shape index (κ2) is 8.36. The molecule has 1 N–H and O–H groups in total. The van der Waals surface area contributed by atoms with Crippen molar-refractivity contribution in [1.82, 2.24) is 10.2 Å². The summed E-state index contributed by atoms with van der Waals surface area (Å²) in [5, 5.41) is 2.99. The molecule has 0 unspecified atom stereocenters. The van der Waals surface area contributed by atoms with Crippen molar-refractivity contribution in [1.29, 1.82) is 0 Å². The molecular formula is C18H24N2O3. The number of hydrogen-bond donors (Lipinski definition) is 1. The Labute approximate surface area is 137 Å². The number of amides is 2. The summed E-state index contributed by atoms with van der Waals surface area (Å²) in [6, 6.07) is 8.11. The van der Waals surface area contributed by atoms with Crippen LogP contribution in [0.1, 0.15) is 30.9 Å². The third-order valence-corrected chi connectivity index (χ3v) is 3.87. The number of benzene rings is 1. The minimum absolute atomic E-state index is 0.0971. The van der Waals surface area contributed by atoms with E-state index in [0.717, 1.165) is 18.4 Å². The van der Waals surface area contributed by atoms with Crippen LogP contribution in [0.15, 0.2) is 30.3 Å². The Kier molecular flexibility index (Phi) is 6.20. The molecule has 1 fully saturated rings. The van der Waals surface area contributed by atoms with Gasteiger partial charge in [-0.05, 0) is 38.3 Å². The highest BCUT2D eigenvalue weighted by Crippen LogP contribution is 2.12. The van der Waals surface area contributed by atoms with Gasteiger partial charge in [-0.25, -0.2) is 4.79 Å². The molecule has 1 aliphatic rings. The van der Waals surface area contributed by atoms with Crippen LogP contribution in [-0.2, 0) is 9.53 Å². The minimum atomic E-state index is -0.267. The van der Waals surface area contributed by atoms with Gasteiger partial charge in [-0.2, -0.15) is 0 Å². The number of hydrogen-bond acceptors (Lipinski definition) is 3. The zero-order chi connectivity index (χ0) is 16.7. The topological polar surface area (TPSA) is 58.6 Å². The Balaban J connectivity index is 1.76. The average molecular weight is 316 g/mol. The fraction of sp³-hybridized carbons (Fsp3) is 0.444. The lowest BCUT2D eigenvalue weighted by atomic mass is 10.1. The fourth-order valence-electron chi connectivity index (χ4n) is 2.52. The first-order valence-electron chi connectivity index (χ1n) is 8.05. The highest BCUT2D eigenvalue weighted by atomic mass is 16.6. The molecule has 0 saturated carbocycles. The molecule has 0 aromatic heterocycles. The Morgan fingerprint density at radius 1 is 1.26 bits per heavy atom. The number of nitrogens with one attached hydrogen (secondary N) is 1. The molecular weight excluding hydrogens is 292 g/mol. The molecule has 0 bridgehead atoms. The van der Waals surface area contributed by atoms with Crippen LogP contribution in [0, 0.1) is 6.92 Å². The number of carbonyl (C=O) groups excluding carboxylic acids is 2. The van der Waals surface area contributed by atoms with E-state index in [1.807, 2.05) is 37.3 Å². The summed E-state index contributed by atoms with van der Waals surface area (Å²) in [6.07, 6.45) is 4.60. The number of carbonyl (C=O) groups is 2. The van der Waals surface area contributed by atoms with E-state index in [2.05, 4.69) is 5.32 Å². The van der Waals surface area contributed by atoms with Crippen molar-refractivity contribution in [3.05, 3.63) is 41.5 Å². The van der Waals surface area contributed by atoms with E-state index in [1.165, 1.54) is 5.56 Å². The maximum Gasteiger partial charge on any atom is 0.409 e. The lowest BCUT2D eigenvalue weighted by Crippen LogP contribution is -2.46. The van der Waals surface area contributed by atoms with Gasteiger partial charge >= 0.3 is 6.09 Å². The van der Waals surface area contributed by atoms with Gasteiger partial charge in [0.15, 0.2) is 0 Å². The number of piperidine rings is 1. The van der Waals surface area contributed by atoms with Crippen molar-refractivity contribution in [3.63, 3.8) is 0 Å². The lowest BCUT2D eigenvalue weighted by Gasteiger charge is -2.31. The van der Waals surface area contributed by atoms with Gasteiger partial charge in [0.2, 0.25) is 5.91 Å². The van der Waals surface area contributed by atoms with Crippen LogP contribution < -0.4 is 5.32 Å². The maximum atomic E-state index is 12.0. The van der Waals surface area contributed by atoms with Crippen LogP contribution in [0.2, 0.25) is 0 Å².